The lowest BCUT2D eigenvalue weighted by Crippen LogP contribution is -2.23. The maximum atomic E-state index is 5.18. The molecule has 22 heavy (non-hydrogen) atoms. The van der Waals surface area contributed by atoms with Crippen LogP contribution in [0.5, 0.6) is 5.75 Å². The average Bonchev–Trinajstić information content (AvgIpc) is 3.23. The monoisotopic (exact) mass is 315 g/mol. The highest BCUT2D eigenvalue weighted by molar-refractivity contribution is 7.13. The zero-order chi connectivity index (χ0) is 16.1. The van der Waals surface area contributed by atoms with Crippen molar-refractivity contribution in [3.05, 3.63) is 34.1 Å². The molecule has 4 rings (SSSR count). The van der Waals surface area contributed by atoms with Crippen molar-refractivity contribution < 1.29 is 4.74 Å². The molecule has 0 spiro atoms. The quantitative estimate of drug-likeness (QED) is 0.833. The summed E-state index contributed by atoms with van der Waals surface area (Å²) in [5, 5.41) is 2.29. The topological polar surface area (TPSA) is 22.1 Å². The highest BCUT2D eigenvalue weighted by atomic mass is 32.1. The minimum atomic E-state index is 0.767. The summed E-state index contributed by atoms with van der Waals surface area (Å²) >= 11 is 1.79. The number of ether oxygens (including phenoxy) is 1. The molecular weight excluding hydrogens is 290 g/mol. The number of aromatic nitrogens is 1. The van der Waals surface area contributed by atoms with E-state index in [0.717, 1.165) is 22.6 Å². The Labute approximate surface area is 137 Å². The lowest BCUT2D eigenvalue weighted by Gasteiger charge is -1.99. The Hall–Kier alpha value is -1.61. The number of fused-ring (bicyclic) bond motifs is 2. The van der Waals surface area contributed by atoms with Crippen LogP contribution in [0.15, 0.2) is 24.3 Å². The fourth-order valence-electron chi connectivity index (χ4n) is 2.46. The molecule has 1 aromatic carbocycles. The molecule has 0 radical (unpaired) electrons. The van der Waals surface area contributed by atoms with Crippen molar-refractivity contribution in [2.45, 2.75) is 34.1 Å². The molecule has 2 atom stereocenters. The third-order valence-corrected chi connectivity index (χ3v) is 4.73. The Morgan fingerprint density at radius 2 is 1.64 bits per heavy atom. The highest BCUT2D eigenvalue weighted by Crippen LogP contribution is 2.42. The van der Waals surface area contributed by atoms with Crippen molar-refractivity contribution in [3.8, 4) is 16.3 Å². The van der Waals surface area contributed by atoms with Gasteiger partial charge < -0.3 is 4.74 Å². The van der Waals surface area contributed by atoms with Crippen LogP contribution >= 0.6 is 11.3 Å². The van der Waals surface area contributed by atoms with Gasteiger partial charge in [0, 0.05) is 5.56 Å². The molecule has 2 aliphatic rings. The van der Waals surface area contributed by atoms with E-state index in [1.54, 1.807) is 18.4 Å². The number of nitrogens with zero attached hydrogens (tertiary/aromatic N) is 1. The van der Waals surface area contributed by atoms with Gasteiger partial charge in [0.2, 0.25) is 0 Å². The lowest BCUT2D eigenvalue weighted by atomic mass is 10.2. The number of hydrogen-bond acceptors (Lipinski definition) is 3. The Bertz CT molecular complexity index is 677. The molecule has 3 heteroatoms. The van der Waals surface area contributed by atoms with Crippen LogP contribution in [0.4, 0.5) is 0 Å². The van der Waals surface area contributed by atoms with Gasteiger partial charge in [-0.15, -0.1) is 11.3 Å². The van der Waals surface area contributed by atoms with Crippen LogP contribution in [0, 0.1) is 11.8 Å². The standard InChI is InChI=1S/C15H13NOS.2C2H6/c1-17-12-4-2-9(3-5-12)15-16-13-7-10-6-11(10)8-14(13)18-15;2*1-2/h2-5,7-8,10-11H,6H2,1H3;2*1-2H3. The molecule has 118 valence electrons. The largest absolute Gasteiger partial charge is 0.497 e. The summed E-state index contributed by atoms with van der Waals surface area (Å²) in [6, 6.07) is 8.12. The van der Waals surface area contributed by atoms with E-state index in [1.165, 1.54) is 21.9 Å². The summed E-state index contributed by atoms with van der Waals surface area (Å²) in [6.07, 6.45) is 6.05. The van der Waals surface area contributed by atoms with Crippen molar-refractivity contribution in [2.75, 3.05) is 7.11 Å². The molecular formula is C19H25NOS. The molecule has 2 aromatic rings. The van der Waals surface area contributed by atoms with Crippen LogP contribution in [0.2, 0.25) is 0 Å². The minimum Gasteiger partial charge on any atom is -0.497 e. The SMILES string of the molecule is CC.CC.COc1ccc(-c2nc3c(s2)=CC2CC2C=3)cc1. The van der Waals surface area contributed by atoms with Gasteiger partial charge in [0.25, 0.3) is 0 Å². The van der Waals surface area contributed by atoms with Crippen molar-refractivity contribution in [1.82, 2.24) is 4.98 Å². The zero-order valence-electron chi connectivity index (χ0n) is 14.1. The zero-order valence-corrected chi connectivity index (χ0v) is 14.9. The molecule has 0 bridgehead atoms. The Morgan fingerprint density at radius 3 is 2.27 bits per heavy atom. The molecule has 2 aliphatic carbocycles. The van der Waals surface area contributed by atoms with Crippen molar-refractivity contribution in [1.29, 1.82) is 0 Å². The van der Waals surface area contributed by atoms with Gasteiger partial charge in [-0.3, -0.25) is 0 Å². The van der Waals surface area contributed by atoms with Gasteiger partial charge >= 0.3 is 0 Å². The Balaban J connectivity index is 0.000000410. The smallest absolute Gasteiger partial charge is 0.124 e. The summed E-state index contributed by atoms with van der Waals surface area (Å²) in [4.78, 5) is 4.74. The first kappa shape index (κ1) is 16.8. The van der Waals surface area contributed by atoms with Crippen LogP contribution in [-0.2, 0) is 0 Å². The van der Waals surface area contributed by atoms with Crippen LogP contribution in [0.25, 0.3) is 22.7 Å². The van der Waals surface area contributed by atoms with Crippen molar-refractivity contribution in [2.24, 2.45) is 11.8 Å². The predicted octanol–water partition coefficient (Wildman–Crippen LogP) is 4.08. The van der Waals surface area contributed by atoms with E-state index in [0.29, 0.717) is 0 Å². The van der Waals surface area contributed by atoms with Gasteiger partial charge in [-0.1, -0.05) is 39.8 Å². The number of methoxy groups -OCH3 is 1. The third kappa shape index (κ3) is 3.41. The van der Waals surface area contributed by atoms with E-state index < -0.39 is 0 Å². The van der Waals surface area contributed by atoms with Crippen LogP contribution in [0.1, 0.15) is 34.1 Å². The van der Waals surface area contributed by atoms with Crippen LogP contribution < -0.4 is 14.6 Å². The Kier molecular flexibility index (Phi) is 5.78. The molecule has 1 aromatic heterocycles. The Morgan fingerprint density at radius 1 is 1.00 bits per heavy atom. The van der Waals surface area contributed by atoms with Gasteiger partial charge in [-0.25, -0.2) is 4.98 Å². The van der Waals surface area contributed by atoms with E-state index in [2.05, 4.69) is 24.3 Å². The van der Waals surface area contributed by atoms with E-state index in [1.807, 2.05) is 39.8 Å². The average molecular weight is 315 g/mol. The van der Waals surface area contributed by atoms with Crippen LogP contribution in [0.3, 0.4) is 0 Å². The summed E-state index contributed by atoms with van der Waals surface area (Å²) in [6.45, 7) is 8.00. The third-order valence-electron chi connectivity index (χ3n) is 3.65. The number of hydrogen-bond donors (Lipinski definition) is 0. The predicted molar refractivity (Wildman–Crippen MR) is 96.6 cm³/mol. The first-order valence-corrected chi connectivity index (χ1v) is 9.00. The molecule has 1 saturated carbocycles. The van der Waals surface area contributed by atoms with E-state index in [9.17, 15) is 0 Å². The first-order chi connectivity index (χ1) is 10.8. The minimum absolute atomic E-state index is 0.767. The molecule has 1 heterocycles. The maximum Gasteiger partial charge on any atom is 0.124 e. The van der Waals surface area contributed by atoms with Crippen LogP contribution in [-0.4, -0.2) is 12.1 Å². The van der Waals surface area contributed by atoms with Gasteiger partial charge in [0.15, 0.2) is 0 Å². The van der Waals surface area contributed by atoms with Gasteiger partial charge in [0.05, 0.1) is 17.0 Å². The van der Waals surface area contributed by atoms with Gasteiger partial charge in [0.1, 0.15) is 10.8 Å². The summed E-state index contributed by atoms with van der Waals surface area (Å²) in [5.74, 6) is 2.45. The second kappa shape index (κ2) is 7.59. The fourth-order valence-corrected chi connectivity index (χ4v) is 3.52. The molecule has 0 saturated heterocycles. The molecule has 2 nitrogen and oxygen atoms in total. The second-order valence-corrected chi connectivity index (χ2v) is 5.92. The lowest BCUT2D eigenvalue weighted by molar-refractivity contribution is 0.415. The number of thiazole rings is 1. The molecule has 0 N–H and O–H groups in total. The number of benzene rings is 1. The second-order valence-electron chi connectivity index (χ2n) is 4.89. The first-order valence-electron chi connectivity index (χ1n) is 8.18. The van der Waals surface area contributed by atoms with Gasteiger partial charge in [-0.2, -0.15) is 0 Å². The summed E-state index contributed by atoms with van der Waals surface area (Å²) in [7, 11) is 1.69. The van der Waals surface area contributed by atoms with E-state index in [4.69, 9.17) is 9.72 Å². The van der Waals surface area contributed by atoms with Crippen molar-refractivity contribution >= 4 is 23.5 Å². The van der Waals surface area contributed by atoms with E-state index >= 15 is 0 Å². The van der Waals surface area contributed by atoms with Gasteiger partial charge in [-0.05, 0) is 42.5 Å². The molecule has 1 fully saturated rings. The fraction of sp³-hybridized carbons (Fsp3) is 0.421. The normalized spacial score (nSPS) is 19.7. The number of rotatable bonds is 2. The maximum absolute atomic E-state index is 5.18. The van der Waals surface area contributed by atoms with Crippen molar-refractivity contribution in [3.63, 3.8) is 0 Å². The molecule has 0 amide bonds. The molecule has 0 aliphatic heterocycles. The summed E-state index contributed by atoms with van der Waals surface area (Å²) < 4.78 is 6.52. The molecule has 2 unspecified atom stereocenters. The summed E-state index contributed by atoms with van der Waals surface area (Å²) in [5.41, 5.74) is 1.17. The van der Waals surface area contributed by atoms with E-state index in [-0.39, 0.29) is 0 Å². The highest BCUT2D eigenvalue weighted by Gasteiger charge is 2.35.